The van der Waals surface area contributed by atoms with Crippen molar-refractivity contribution >= 4 is 17.5 Å². The second kappa shape index (κ2) is 9.10. The Morgan fingerprint density at radius 2 is 1.90 bits per heavy atom. The van der Waals surface area contributed by atoms with Gasteiger partial charge in [-0.2, -0.15) is 0 Å². The first-order valence-electron chi connectivity index (χ1n) is 6.87. The number of ether oxygens (including phenoxy) is 2. The number of nitrogens with one attached hydrogen (secondary N) is 2. The van der Waals surface area contributed by atoms with Crippen molar-refractivity contribution in [3.8, 4) is 0 Å². The molecule has 2 amide bonds. The molecule has 0 atom stereocenters. The van der Waals surface area contributed by atoms with Gasteiger partial charge in [0.1, 0.15) is 6.61 Å². The number of carbonyl (C=O) groups excluding carboxylic acids is 2. The van der Waals surface area contributed by atoms with E-state index >= 15 is 0 Å². The number of hydrogen-bond acceptors (Lipinski definition) is 4. The lowest BCUT2D eigenvalue weighted by Gasteiger charge is -2.12. The Balaban J connectivity index is 2.54. The highest BCUT2D eigenvalue weighted by molar-refractivity contribution is 5.99. The topological polar surface area (TPSA) is 76.7 Å². The minimum atomic E-state index is -0.261. The fourth-order valence-corrected chi connectivity index (χ4v) is 1.77. The third-order valence-electron chi connectivity index (χ3n) is 2.89. The average Bonchev–Trinajstić information content (AvgIpc) is 2.48. The maximum atomic E-state index is 11.8. The van der Waals surface area contributed by atoms with E-state index in [-0.39, 0.29) is 18.4 Å². The van der Waals surface area contributed by atoms with Gasteiger partial charge in [-0.3, -0.25) is 9.59 Å². The van der Waals surface area contributed by atoms with Crippen LogP contribution in [0.15, 0.2) is 18.2 Å². The Labute approximate surface area is 124 Å². The zero-order valence-electron chi connectivity index (χ0n) is 12.7. The van der Waals surface area contributed by atoms with E-state index in [1.54, 1.807) is 32.2 Å². The molecule has 0 saturated heterocycles. The molecular weight excluding hydrogens is 272 g/mol. The van der Waals surface area contributed by atoms with Crippen LogP contribution in [0, 0.1) is 6.92 Å². The second-order valence-electron chi connectivity index (χ2n) is 4.35. The summed E-state index contributed by atoms with van der Waals surface area (Å²) in [5.41, 5.74) is 1.86. The van der Waals surface area contributed by atoms with Gasteiger partial charge < -0.3 is 20.1 Å². The molecule has 1 aromatic carbocycles. The molecule has 0 unspecified atom stereocenters. The molecule has 0 aromatic heterocycles. The van der Waals surface area contributed by atoms with E-state index in [2.05, 4.69) is 10.6 Å². The van der Waals surface area contributed by atoms with Crippen LogP contribution in [0.2, 0.25) is 0 Å². The van der Waals surface area contributed by atoms with E-state index in [4.69, 9.17) is 9.47 Å². The maximum absolute atomic E-state index is 11.8. The van der Waals surface area contributed by atoms with Gasteiger partial charge in [-0.1, -0.05) is 6.07 Å². The van der Waals surface area contributed by atoms with Gasteiger partial charge in [0, 0.05) is 24.9 Å². The van der Waals surface area contributed by atoms with E-state index in [1.165, 1.54) is 0 Å². The fourth-order valence-electron chi connectivity index (χ4n) is 1.77. The van der Waals surface area contributed by atoms with E-state index in [9.17, 15) is 9.59 Å². The van der Waals surface area contributed by atoms with Crippen molar-refractivity contribution in [2.45, 2.75) is 13.8 Å². The SMILES string of the molecule is CCOCCOCC(=O)Nc1cccc(C(=O)NC)c1C. The van der Waals surface area contributed by atoms with Crippen LogP contribution in [0.5, 0.6) is 0 Å². The quantitative estimate of drug-likeness (QED) is 0.710. The lowest BCUT2D eigenvalue weighted by atomic mass is 10.1. The Hall–Kier alpha value is -1.92. The summed E-state index contributed by atoms with van der Waals surface area (Å²) in [5.74, 6) is -0.444. The minimum absolute atomic E-state index is 0.0449. The predicted octanol–water partition coefficient (Wildman–Crippen LogP) is 1.35. The Bertz CT molecular complexity index is 489. The fraction of sp³-hybridized carbons (Fsp3) is 0.467. The summed E-state index contributed by atoms with van der Waals surface area (Å²) in [6, 6.07) is 5.19. The first-order chi connectivity index (χ1) is 10.1. The highest BCUT2D eigenvalue weighted by Gasteiger charge is 2.11. The number of carbonyl (C=O) groups is 2. The van der Waals surface area contributed by atoms with E-state index in [1.807, 2.05) is 6.92 Å². The van der Waals surface area contributed by atoms with E-state index < -0.39 is 0 Å². The van der Waals surface area contributed by atoms with Crippen LogP contribution in [-0.4, -0.2) is 45.3 Å². The molecule has 0 aliphatic heterocycles. The van der Waals surface area contributed by atoms with Gasteiger partial charge in [0.25, 0.3) is 5.91 Å². The van der Waals surface area contributed by atoms with Gasteiger partial charge in [-0.25, -0.2) is 0 Å². The monoisotopic (exact) mass is 294 g/mol. The van der Waals surface area contributed by atoms with Crippen molar-refractivity contribution in [3.63, 3.8) is 0 Å². The van der Waals surface area contributed by atoms with Gasteiger partial charge in [-0.15, -0.1) is 0 Å². The summed E-state index contributed by atoms with van der Waals surface area (Å²) in [6.45, 7) is 5.11. The lowest BCUT2D eigenvalue weighted by Crippen LogP contribution is -2.22. The van der Waals surface area contributed by atoms with Gasteiger partial charge in [0.2, 0.25) is 5.91 Å². The lowest BCUT2D eigenvalue weighted by molar-refractivity contribution is -0.121. The van der Waals surface area contributed by atoms with Crippen LogP contribution in [0.25, 0.3) is 0 Å². The molecule has 2 N–H and O–H groups in total. The normalized spacial score (nSPS) is 10.2. The highest BCUT2D eigenvalue weighted by Crippen LogP contribution is 2.18. The molecule has 0 radical (unpaired) electrons. The van der Waals surface area contributed by atoms with Crippen LogP contribution >= 0.6 is 0 Å². The molecule has 0 heterocycles. The van der Waals surface area contributed by atoms with Crippen molar-refractivity contribution in [2.75, 3.05) is 38.8 Å². The van der Waals surface area contributed by atoms with Crippen LogP contribution in [0.4, 0.5) is 5.69 Å². The first-order valence-corrected chi connectivity index (χ1v) is 6.87. The van der Waals surface area contributed by atoms with E-state index in [0.717, 1.165) is 5.56 Å². The zero-order chi connectivity index (χ0) is 15.7. The first kappa shape index (κ1) is 17.1. The third-order valence-corrected chi connectivity index (χ3v) is 2.89. The largest absolute Gasteiger partial charge is 0.379 e. The standard InChI is InChI=1S/C15H22N2O4/c1-4-20-8-9-21-10-14(18)17-13-7-5-6-12(11(13)2)15(19)16-3/h5-7H,4,8-10H2,1-3H3,(H,16,19)(H,17,18). The summed E-state index contributed by atoms with van der Waals surface area (Å²) < 4.78 is 10.3. The number of hydrogen-bond donors (Lipinski definition) is 2. The predicted molar refractivity (Wildman–Crippen MR) is 80.5 cm³/mol. The Kier molecular flexibility index (Phi) is 7.42. The van der Waals surface area contributed by atoms with Gasteiger partial charge in [-0.05, 0) is 31.5 Å². The van der Waals surface area contributed by atoms with Crippen molar-refractivity contribution < 1.29 is 19.1 Å². The van der Waals surface area contributed by atoms with Gasteiger partial charge >= 0.3 is 0 Å². The smallest absolute Gasteiger partial charge is 0.251 e. The van der Waals surface area contributed by atoms with Crippen molar-refractivity contribution in [3.05, 3.63) is 29.3 Å². The van der Waals surface area contributed by atoms with E-state index in [0.29, 0.717) is 31.1 Å². The molecule has 0 spiro atoms. The number of rotatable bonds is 8. The maximum Gasteiger partial charge on any atom is 0.251 e. The molecule has 6 nitrogen and oxygen atoms in total. The van der Waals surface area contributed by atoms with Gasteiger partial charge in [0.05, 0.1) is 13.2 Å². The number of anilines is 1. The average molecular weight is 294 g/mol. The summed E-state index contributed by atoms with van der Waals surface area (Å²) in [5, 5.41) is 5.30. The molecule has 6 heteroatoms. The summed E-state index contributed by atoms with van der Waals surface area (Å²) in [6.07, 6.45) is 0. The van der Waals surface area contributed by atoms with Crippen LogP contribution in [-0.2, 0) is 14.3 Å². The van der Waals surface area contributed by atoms with Crippen LogP contribution in [0.3, 0.4) is 0 Å². The zero-order valence-corrected chi connectivity index (χ0v) is 12.7. The molecule has 1 aromatic rings. The molecule has 116 valence electrons. The molecule has 0 saturated carbocycles. The molecule has 0 bridgehead atoms. The number of benzene rings is 1. The summed E-state index contributed by atoms with van der Waals surface area (Å²) in [4.78, 5) is 23.5. The second-order valence-corrected chi connectivity index (χ2v) is 4.35. The molecule has 21 heavy (non-hydrogen) atoms. The molecule has 0 aliphatic carbocycles. The van der Waals surface area contributed by atoms with Crippen molar-refractivity contribution in [2.24, 2.45) is 0 Å². The highest BCUT2D eigenvalue weighted by atomic mass is 16.5. The Morgan fingerprint density at radius 3 is 2.57 bits per heavy atom. The van der Waals surface area contributed by atoms with Crippen molar-refractivity contribution in [1.29, 1.82) is 0 Å². The van der Waals surface area contributed by atoms with Crippen LogP contribution in [0.1, 0.15) is 22.8 Å². The summed E-state index contributed by atoms with van der Waals surface area (Å²) in [7, 11) is 1.57. The summed E-state index contributed by atoms with van der Waals surface area (Å²) >= 11 is 0. The molecule has 0 fully saturated rings. The minimum Gasteiger partial charge on any atom is -0.379 e. The van der Waals surface area contributed by atoms with Crippen molar-refractivity contribution in [1.82, 2.24) is 5.32 Å². The van der Waals surface area contributed by atoms with Gasteiger partial charge in [0.15, 0.2) is 0 Å². The molecule has 0 aliphatic rings. The third kappa shape index (κ3) is 5.53. The molecule has 1 rings (SSSR count). The number of amides is 2. The van der Waals surface area contributed by atoms with Crippen LogP contribution < -0.4 is 10.6 Å². The molecular formula is C15H22N2O4. The Morgan fingerprint density at radius 1 is 1.19 bits per heavy atom.